The number of amides is 1. The fourth-order valence-electron chi connectivity index (χ4n) is 2.39. The lowest BCUT2D eigenvalue weighted by Crippen LogP contribution is -2.37. The lowest BCUT2D eigenvalue weighted by molar-refractivity contribution is 0.0817. The van der Waals surface area contributed by atoms with Crippen LogP contribution in [-0.4, -0.2) is 33.5 Å². The van der Waals surface area contributed by atoms with Crippen LogP contribution in [0.2, 0.25) is 0 Å². The molecule has 104 valence electrons. The molecule has 6 heteroatoms. The number of hydrogen-bond donors (Lipinski definition) is 2. The highest BCUT2D eigenvalue weighted by molar-refractivity contribution is 5.92. The second-order valence-electron chi connectivity index (χ2n) is 4.83. The van der Waals surface area contributed by atoms with Crippen molar-refractivity contribution in [2.24, 2.45) is 0 Å². The molecule has 2 aromatic rings. The van der Waals surface area contributed by atoms with Crippen molar-refractivity contribution in [2.45, 2.75) is 25.5 Å². The molecule has 1 aliphatic rings. The van der Waals surface area contributed by atoms with Crippen LogP contribution < -0.4 is 5.32 Å². The molecule has 0 bridgehead atoms. The van der Waals surface area contributed by atoms with Crippen LogP contribution in [0.1, 0.15) is 34.4 Å². The average molecular weight is 272 g/mol. The maximum Gasteiger partial charge on any atom is 0.269 e. The average Bonchev–Trinajstić information content (AvgIpc) is 3.09. The number of carbonyl (C=O) groups is 1. The number of nitrogens with one attached hydrogen (secondary N) is 2. The van der Waals surface area contributed by atoms with Gasteiger partial charge in [0.15, 0.2) is 0 Å². The fourth-order valence-corrected chi connectivity index (χ4v) is 2.39. The number of carbonyl (C=O) groups excluding carboxylic acids is 1. The van der Waals surface area contributed by atoms with E-state index >= 15 is 0 Å². The zero-order valence-electron chi connectivity index (χ0n) is 11.2. The summed E-state index contributed by atoms with van der Waals surface area (Å²) < 4.78 is 5.71. The van der Waals surface area contributed by atoms with Crippen LogP contribution in [0.15, 0.2) is 30.7 Å². The summed E-state index contributed by atoms with van der Waals surface area (Å²) in [7, 11) is 0. The van der Waals surface area contributed by atoms with Crippen molar-refractivity contribution in [2.75, 3.05) is 6.61 Å². The van der Waals surface area contributed by atoms with Crippen LogP contribution in [0, 0.1) is 6.92 Å². The lowest BCUT2D eigenvalue weighted by atomic mass is 10.0. The van der Waals surface area contributed by atoms with Crippen LogP contribution in [-0.2, 0) is 4.74 Å². The van der Waals surface area contributed by atoms with E-state index in [2.05, 4.69) is 20.3 Å². The summed E-state index contributed by atoms with van der Waals surface area (Å²) >= 11 is 0. The van der Waals surface area contributed by atoms with Gasteiger partial charge in [-0.05, 0) is 19.4 Å². The molecule has 3 rings (SSSR count). The summed E-state index contributed by atoms with van der Waals surface area (Å²) in [6.07, 6.45) is 5.68. The van der Waals surface area contributed by atoms with Crippen molar-refractivity contribution in [3.05, 3.63) is 47.8 Å². The van der Waals surface area contributed by atoms with Gasteiger partial charge in [-0.25, -0.2) is 4.98 Å². The highest BCUT2D eigenvalue weighted by Gasteiger charge is 2.31. The number of pyridine rings is 1. The Hall–Kier alpha value is -2.21. The summed E-state index contributed by atoms with van der Waals surface area (Å²) in [4.78, 5) is 23.2. The Balaban J connectivity index is 1.72. The standard InChI is InChI=1S/C14H16N4O2/c1-9-16-8-12(17-9)14(19)18-11-4-6-20-13(11)10-3-2-5-15-7-10/h2-3,5,7-8,11,13H,4,6H2,1H3,(H,16,17)(H,18,19)/t11-,13+/m0/s1. The number of aryl methyl sites for hydroxylation is 1. The third kappa shape index (κ3) is 2.55. The number of hydrogen-bond acceptors (Lipinski definition) is 4. The zero-order chi connectivity index (χ0) is 13.9. The quantitative estimate of drug-likeness (QED) is 0.884. The molecule has 3 heterocycles. The highest BCUT2D eigenvalue weighted by atomic mass is 16.5. The van der Waals surface area contributed by atoms with E-state index < -0.39 is 0 Å². The number of aromatic nitrogens is 3. The molecule has 2 N–H and O–H groups in total. The van der Waals surface area contributed by atoms with Crippen molar-refractivity contribution in [3.8, 4) is 0 Å². The Kier molecular flexibility index (Phi) is 3.47. The van der Waals surface area contributed by atoms with Crippen molar-refractivity contribution in [1.82, 2.24) is 20.3 Å². The molecule has 0 aromatic carbocycles. The van der Waals surface area contributed by atoms with E-state index in [1.807, 2.05) is 19.1 Å². The molecule has 2 aromatic heterocycles. The SMILES string of the molecule is Cc1ncc(C(=O)N[C@H]2CCO[C@@H]2c2cccnc2)[nH]1. The minimum atomic E-state index is -0.157. The minimum absolute atomic E-state index is 0.0460. The van der Waals surface area contributed by atoms with Crippen LogP contribution in [0.25, 0.3) is 0 Å². The Morgan fingerprint density at radius 3 is 3.10 bits per heavy atom. The van der Waals surface area contributed by atoms with E-state index in [-0.39, 0.29) is 18.1 Å². The van der Waals surface area contributed by atoms with Gasteiger partial charge < -0.3 is 15.0 Å². The summed E-state index contributed by atoms with van der Waals surface area (Å²) in [5, 5.41) is 2.99. The molecule has 0 radical (unpaired) electrons. The molecule has 1 amide bonds. The maximum atomic E-state index is 12.1. The molecule has 2 atom stereocenters. The van der Waals surface area contributed by atoms with Crippen molar-refractivity contribution >= 4 is 5.91 Å². The number of ether oxygens (including phenoxy) is 1. The maximum absolute atomic E-state index is 12.1. The molecule has 0 unspecified atom stereocenters. The molecule has 6 nitrogen and oxygen atoms in total. The molecule has 20 heavy (non-hydrogen) atoms. The normalized spacial score (nSPS) is 21.9. The first-order valence-electron chi connectivity index (χ1n) is 6.58. The number of aromatic amines is 1. The molecule has 1 saturated heterocycles. The topological polar surface area (TPSA) is 79.9 Å². The predicted molar refractivity (Wildman–Crippen MR) is 72.1 cm³/mol. The minimum Gasteiger partial charge on any atom is -0.371 e. The summed E-state index contributed by atoms with van der Waals surface area (Å²) in [5.74, 6) is 0.566. The highest BCUT2D eigenvalue weighted by Crippen LogP contribution is 2.28. The monoisotopic (exact) mass is 272 g/mol. The number of rotatable bonds is 3. The van der Waals surface area contributed by atoms with Gasteiger partial charge in [-0.1, -0.05) is 6.07 Å². The van der Waals surface area contributed by atoms with Gasteiger partial charge in [-0.3, -0.25) is 9.78 Å². The van der Waals surface area contributed by atoms with Crippen LogP contribution in [0.5, 0.6) is 0 Å². The van der Waals surface area contributed by atoms with E-state index in [1.54, 1.807) is 18.6 Å². The molecular formula is C14H16N4O2. The van der Waals surface area contributed by atoms with Gasteiger partial charge in [-0.15, -0.1) is 0 Å². The van der Waals surface area contributed by atoms with Gasteiger partial charge in [0.05, 0.1) is 12.2 Å². The van der Waals surface area contributed by atoms with Gasteiger partial charge in [0.1, 0.15) is 17.6 Å². The van der Waals surface area contributed by atoms with Gasteiger partial charge in [0.25, 0.3) is 5.91 Å². The van der Waals surface area contributed by atoms with Gasteiger partial charge in [0, 0.05) is 24.6 Å². The molecular weight excluding hydrogens is 256 g/mol. The van der Waals surface area contributed by atoms with Crippen molar-refractivity contribution < 1.29 is 9.53 Å². The number of nitrogens with zero attached hydrogens (tertiary/aromatic N) is 2. The van der Waals surface area contributed by atoms with Gasteiger partial charge in [0.2, 0.25) is 0 Å². The van der Waals surface area contributed by atoms with E-state index in [9.17, 15) is 4.79 Å². The molecule has 1 fully saturated rings. The smallest absolute Gasteiger partial charge is 0.269 e. The first-order valence-corrected chi connectivity index (χ1v) is 6.58. The van der Waals surface area contributed by atoms with Crippen LogP contribution in [0.3, 0.4) is 0 Å². The first-order chi connectivity index (χ1) is 9.74. The van der Waals surface area contributed by atoms with E-state index in [0.717, 1.165) is 17.8 Å². The summed E-state index contributed by atoms with van der Waals surface area (Å²) in [6, 6.07) is 3.78. The third-order valence-corrected chi connectivity index (χ3v) is 3.37. The second kappa shape index (κ2) is 5.42. The van der Waals surface area contributed by atoms with Crippen molar-refractivity contribution in [3.63, 3.8) is 0 Å². The molecule has 1 aliphatic heterocycles. The fraction of sp³-hybridized carbons (Fsp3) is 0.357. The molecule has 0 aliphatic carbocycles. The van der Waals surface area contributed by atoms with E-state index in [0.29, 0.717) is 12.3 Å². The molecule has 0 spiro atoms. The van der Waals surface area contributed by atoms with E-state index in [4.69, 9.17) is 4.74 Å². The number of imidazole rings is 1. The largest absolute Gasteiger partial charge is 0.371 e. The Labute approximate surface area is 116 Å². The van der Waals surface area contributed by atoms with Crippen LogP contribution >= 0.6 is 0 Å². The van der Waals surface area contributed by atoms with Gasteiger partial charge in [-0.2, -0.15) is 0 Å². The number of H-pyrrole nitrogens is 1. The first kappa shape index (κ1) is 12.8. The van der Waals surface area contributed by atoms with Crippen LogP contribution in [0.4, 0.5) is 0 Å². The summed E-state index contributed by atoms with van der Waals surface area (Å²) in [6.45, 7) is 2.44. The Morgan fingerprint density at radius 1 is 1.50 bits per heavy atom. The summed E-state index contributed by atoms with van der Waals surface area (Å²) in [5.41, 5.74) is 1.45. The van der Waals surface area contributed by atoms with E-state index in [1.165, 1.54) is 0 Å². The lowest BCUT2D eigenvalue weighted by Gasteiger charge is -2.19. The Morgan fingerprint density at radius 2 is 2.40 bits per heavy atom. The zero-order valence-corrected chi connectivity index (χ0v) is 11.2. The molecule has 0 saturated carbocycles. The predicted octanol–water partition coefficient (Wildman–Crippen LogP) is 1.37. The second-order valence-corrected chi connectivity index (χ2v) is 4.83. The van der Waals surface area contributed by atoms with Gasteiger partial charge >= 0.3 is 0 Å². The Bertz CT molecular complexity index is 596. The van der Waals surface area contributed by atoms with Crippen molar-refractivity contribution in [1.29, 1.82) is 0 Å². The third-order valence-electron chi connectivity index (χ3n) is 3.37.